The molecule has 0 spiro atoms. The Bertz CT molecular complexity index is 918. The summed E-state index contributed by atoms with van der Waals surface area (Å²) in [5, 5.41) is 13.3. The molecule has 23 heavy (non-hydrogen) atoms. The minimum Gasteiger partial charge on any atom is -0.300 e. The fourth-order valence-corrected chi connectivity index (χ4v) is 2.51. The highest BCUT2D eigenvalue weighted by Gasteiger charge is 2.07. The SMILES string of the molecule is CN(CCn1nc2ccccn2c1=O)Cc1cccc(C#N)c1. The predicted octanol–water partition coefficient (Wildman–Crippen LogP) is 1.50. The van der Waals surface area contributed by atoms with Crippen LogP contribution in [0, 0.1) is 11.3 Å². The second-order valence-corrected chi connectivity index (χ2v) is 5.48. The summed E-state index contributed by atoms with van der Waals surface area (Å²) >= 11 is 0. The lowest BCUT2D eigenvalue weighted by Crippen LogP contribution is -2.28. The van der Waals surface area contributed by atoms with Gasteiger partial charge in [0.1, 0.15) is 0 Å². The van der Waals surface area contributed by atoms with Crippen molar-refractivity contribution < 1.29 is 0 Å². The maximum Gasteiger partial charge on any atom is 0.350 e. The molecule has 6 nitrogen and oxygen atoms in total. The maximum absolute atomic E-state index is 12.2. The molecule has 6 heteroatoms. The van der Waals surface area contributed by atoms with Crippen molar-refractivity contribution in [1.82, 2.24) is 19.1 Å². The zero-order chi connectivity index (χ0) is 16.2. The van der Waals surface area contributed by atoms with E-state index in [-0.39, 0.29) is 5.69 Å². The number of rotatable bonds is 5. The molecule has 0 amide bonds. The minimum absolute atomic E-state index is 0.125. The molecule has 0 aliphatic rings. The fraction of sp³-hybridized carbons (Fsp3) is 0.235. The second-order valence-electron chi connectivity index (χ2n) is 5.48. The van der Waals surface area contributed by atoms with Gasteiger partial charge in [-0.25, -0.2) is 9.48 Å². The lowest BCUT2D eigenvalue weighted by Gasteiger charge is -2.16. The summed E-state index contributed by atoms with van der Waals surface area (Å²) in [7, 11) is 1.99. The molecule has 116 valence electrons. The average molecular weight is 307 g/mol. The van der Waals surface area contributed by atoms with Crippen molar-refractivity contribution in [2.45, 2.75) is 13.1 Å². The summed E-state index contributed by atoms with van der Waals surface area (Å²) in [4.78, 5) is 14.3. The zero-order valence-electron chi connectivity index (χ0n) is 12.9. The van der Waals surface area contributed by atoms with Crippen LogP contribution in [-0.2, 0) is 13.1 Å². The third-order valence-electron chi connectivity index (χ3n) is 3.69. The van der Waals surface area contributed by atoms with Gasteiger partial charge in [0.2, 0.25) is 0 Å². The molecule has 0 aliphatic heterocycles. The van der Waals surface area contributed by atoms with Crippen molar-refractivity contribution in [1.29, 1.82) is 5.26 Å². The van der Waals surface area contributed by atoms with E-state index in [1.807, 2.05) is 43.4 Å². The van der Waals surface area contributed by atoms with E-state index in [9.17, 15) is 4.79 Å². The first kappa shape index (κ1) is 15.0. The first-order valence-corrected chi connectivity index (χ1v) is 7.39. The van der Waals surface area contributed by atoms with Crippen molar-refractivity contribution in [2.75, 3.05) is 13.6 Å². The number of benzene rings is 1. The van der Waals surface area contributed by atoms with Gasteiger partial charge in [0.15, 0.2) is 5.65 Å². The van der Waals surface area contributed by atoms with Crippen LogP contribution in [0.3, 0.4) is 0 Å². The Hall–Kier alpha value is -2.91. The number of hydrogen-bond acceptors (Lipinski definition) is 4. The zero-order valence-corrected chi connectivity index (χ0v) is 12.9. The first-order valence-electron chi connectivity index (χ1n) is 7.39. The molecule has 0 bridgehead atoms. The number of nitriles is 1. The fourth-order valence-electron chi connectivity index (χ4n) is 2.51. The molecule has 2 aromatic heterocycles. The van der Waals surface area contributed by atoms with Gasteiger partial charge in [-0.3, -0.25) is 4.40 Å². The molecule has 0 fully saturated rings. The molecule has 2 heterocycles. The monoisotopic (exact) mass is 307 g/mol. The number of fused-ring (bicyclic) bond motifs is 1. The van der Waals surface area contributed by atoms with E-state index in [4.69, 9.17) is 5.26 Å². The summed E-state index contributed by atoms with van der Waals surface area (Å²) in [5.74, 6) is 0. The Morgan fingerprint density at radius 3 is 2.91 bits per heavy atom. The second kappa shape index (κ2) is 6.46. The third-order valence-corrected chi connectivity index (χ3v) is 3.69. The average Bonchev–Trinajstić information content (AvgIpc) is 2.90. The highest BCUT2D eigenvalue weighted by molar-refractivity contribution is 5.35. The van der Waals surface area contributed by atoms with Gasteiger partial charge in [0, 0.05) is 19.3 Å². The van der Waals surface area contributed by atoms with Crippen molar-refractivity contribution >= 4 is 5.65 Å². The van der Waals surface area contributed by atoms with Crippen LogP contribution in [0.1, 0.15) is 11.1 Å². The Balaban J connectivity index is 1.66. The largest absolute Gasteiger partial charge is 0.350 e. The van der Waals surface area contributed by atoms with Gasteiger partial charge < -0.3 is 4.90 Å². The Morgan fingerprint density at radius 2 is 2.13 bits per heavy atom. The van der Waals surface area contributed by atoms with Crippen LogP contribution in [0.15, 0.2) is 53.5 Å². The smallest absolute Gasteiger partial charge is 0.300 e. The lowest BCUT2D eigenvalue weighted by atomic mass is 10.1. The van der Waals surface area contributed by atoms with Gasteiger partial charge in [-0.15, -0.1) is 5.10 Å². The topological polar surface area (TPSA) is 66.3 Å². The van der Waals surface area contributed by atoms with E-state index in [0.29, 0.717) is 24.3 Å². The molecule has 0 saturated heterocycles. The Kier molecular flexibility index (Phi) is 4.22. The van der Waals surface area contributed by atoms with E-state index < -0.39 is 0 Å². The first-order chi connectivity index (χ1) is 11.2. The van der Waals surface area contributed by atoms with Gasteiger partial charge >= 0.3 is 5.69 Å². The Labute approximate surface area is 133 Å². The van der Waals surface area contributed by atoms with Crippen LogP contribution in [-0.4, -0.2) is 32.7 Å². The van der Waals surface area contributed by atoms with E-state index in [1.54, 1.807) is 12.3 Å². The van der Waals surface area contributed by atoms with E-state index in [1.165, 1.54) is 9.08 Å². The van der Waals surface area contributed by atoms with Gasteiger partial charge in [-0.2, -0.15) is 5.26 Å². The summed E-state index contributed by atoms with van der Waals surface area (Å²) in [6.45, 7) is 1.94. The summed E-state index contributed by atoms with van der Waals surface area (Å²) in [5.41, 5.74) is 2.27. The molecule has 3 aromatic rings. The molecule has 1 aromatic carbocycles. The summed E-state index contributed by atoms with van der Waals surface area (Å²) < 4.78 is 3.02. The van der Waals surface area contributed by atoms with Crippen LogP contribution < -0.4 is 5.69 Å². The molecule has 3 rings (SSSR count). The quantitative estimate of drug-likeness (QED) is 0.716. The van der Waals surface area contributed by atoms with Gasteiger partial charge in [-0.05, 0) is 36.9 Å². The maximum atomic E-state index is 12.2. The van der Waals surface area contributed by atoms with E-state index >= 15 is 0 Å². The highest BCUT2D eigenvalue weighted by atomic mass is 16.2. The summed E-state index contributed by atoms with van der Waals surface area (Å²) in [6.07, 6.45) is 1.72. The van der Waals surface area contributed by atoms with Gasteiger partial charge in [0.05, 0.1) is 18.2 Å². The normalized spacial score (nSPS) is 11.0. The number of nitrogens with zero attached hydrogens (tertiary/aromatic N) is 5. The highest BCUT2D eigenvalue weighted by Crippen LogP contribution is 2.06. The molecule has 0 atom stereocenters. The summed E-state index contributed by atoms with van der Waals surface area (Å²) in [6, 6.07) is 15.2. The van der Waals surface area contributed by atoms with Crippen LogP contribution in [0.2, 0.25) is 0 Å². The van der Waals surface area contributed by atoms with Crippen molar-refractivity contribution in [3.8, 4) is 6.07 Å². The van der Waals surface area contributed by atoms with E-state index in [0.717, 1.165) is 12.1 Å². The number of likely N-dealkylation sites (N-methyl/N-ethyl adjacent to an activating group) is 1. The number of hydrogen-bond donors (Lipinski definition) is 0. The molecular formula is C17H17N5O. The van der Waals surface area contributed by atoms with Gasteiger partial charge in [0.25, 0.3) is 0 Å². The number of aromatic nitrogens is 3. The van der Waals surface area contributed by atoms with Gasteiger partial charge in [-0.1, -0.05) is 18.2 Å². The Morgan fingerprint density at radius 1 is 1.26 bits per heavy atom. The van der Waals surface area contributed by atoms with Crippen molar-refractivity contribution in [3.05, 3.63) is 70.3 Å². The molecular weight excluding hydrogens is 290 g/mol. The van der Waals surface area contributed by atoms with Crippen LogP contribution in [0.25, 0.3) is 5.65 Å². The third kappa shape index (κ3) is 3.30. The minimum atomic E-state index is -0.125. The van der Waals surface area contributed by atoms with E-state index in [2.05, 4.69) is 16.1 Å². The molecule has 0 unspecified atom stereocenters. The van der Waals surface area contributed by atoms with Crippen LogP contribution in [0.5, 0.6) is 0 Å². The van der Waals surface area contributed by atoms with Crippen LogP contribution in [0.4, 0.5) is 0 Å². The van der Waals surface area contributed by atoms with Crippen LogP contribution >= 0.6 is 0 Å². The lowest BCUT2D eigenvalue weighted by molar-refractivity contribution is 0.303. The molecule has 0 N–H and O–H groups in total. The molecule has 0 radical (unpaired) electrons. The standard InChI is InChI=1S/C17H17N5O/c1-20(13-15-6-4-5-14(11-15)12-18)9-10-22-17(23)21-8-3-2-7-16(21)19-22/h2-8,11H,9-10,13H2,1H3. The van der Waals surface area contributed by atoms with Crippen molar-refractivity contribution in [3.63, 3.8) is 0 Å². The molecule has 0 saturated carbocycles. The predicted molar refractivity (Wildman–Crippen MR) is 86.9 cm³/mol. The number of pyridine rings is 1. The molecule has 0 aliphatic carbocycles. The van der Waals surface area contributed by atoms with Crippen molar-refractivity contribution in [2.24, 2.45) is 0 Å².